The van der Waals surface area contributed by atoms with Crippen molar-refractivity contribution in [2.45, 2.75) is 25.7 Å². The van der Waals surface area contributed by atoms with Gasteiger partial charge < -0.3 is 15.5 Å². The second-order valence-electron chi connectivity index (χ2n) is 8.81. The number of hydrogen-bond donors (Lipinski definition) is 2. The monoisotopic (exact) mass is 573 g/mol. The third-order valence-corrected chi connectivity index (χ3v) is 7.13. The van der Waals surface area contributed by atoms with Crippen LogP contribution in [0.4, 0.5) is 19.0 Å². The normalized spacial score (nSPS) is 16.2. The number of hydrogen-bond acceptors (Lipinski definition) is 6. The van der Waals surface area contributed by atoms with E-state index in [2.05, 4.69) is 41.6 Å². The highest BCUT2D eigenvalue weighted by molar-refractivity contribution is 9.10. The molecule has 8 nitrogen and oxygen atoms in total. The summed E-state index contributed by atoms with van der Waals surface area (Å²) < 4.78 is 41.3. The van der Waals surface area contributed by atoms with Crippen LogP contribution in [-0.4, -0.2) is 51.3 Å². The summed E-state index contributed by atoms with van der Waals surface area (Å²) in [7, 11) is 0. The molecule has 37 heavy (non-hydrogen) atoms. The van der Waals surface area contributed by atoms with Crippen LogP contribution in [-0.2, 0) is 17.5 Å². The van der Waals surface area contributed by atoms with Crippen molar-refractivity contribution in [3.63, 3.8) is 0 Å². The molecule has 0 aliphatic carbocycles. The van der Waals surface area contributed by atoms with E-state index < -0.39 is 17.8 Å². The number of benzene rings is 2. The van der Waals surface area contributed by atoms with Gasteiger partial charge >= 0.3 is 6.18 Å². The molecule has 1 amide bonds. The molecule has 0 saturated carbocycles. The summed E-state index contributed by atoms with van der Waals surface area (Å²) in [4.78, 5) is 23.6. The van der Waals surface area contributed by atoms with Crippen LogP contribution < -0.4 is 15.5 Å². The van der Waals surface area contributed by atoms with Crippen LogP contribution in [0.2, 0.25) is 0 Å². The Labute approximate surface area is 219 Å². The lowest BCUT2D eigenvalue weighted by molar-refractivity contribution is -0.137. The quantitative estimate of drug-likeness (QED) is 0.375. The van der Waals surface area contributed by atoms with Crippen molar-refractivity contribution in [2.24, 2.45) is 0 Å². The van der Waals surface area contributed by atoms with Crippen LogP contribution in [0.15, 0.2) is 59.5 Å². The molecule has 1 atom stereocenters. The lowest BCUT2D eigenvalue weighted by Crippen LogP contribution is -2.57. The number of nitrogens with one attached hydrogen (secondary N) is 2. The lowest BCUT2D eigenvalue weighted by atomic mass is 10.1. The second-order valence-corrected chi connectivity index (χ2v) is 9.66. The van der Waals surface area contributed by atoms with E-state index >= 15 is 0 Å². The van der Waals surface area contributed by atoms with Crippen LogP contribution in [0.1, 0.15) is 16.7 Å². The van der Waals surface area contributed by atoms with Gasteiger partial charge in [-0.2, -0.15) is 13.2 Å². The Morgan fingerprint density at radius 1 is 1.19 bits per heavy atom. The third-order valence-electron chi connectivity index (χ3n) is 6.24. The number of anilines is 1. The van der Waals surface area contributed by atoms with Crippen molar-refractivity contribution in [3.8, 4) is 5.69 Å². The van der Waals surface area contributed by atoms with E-state index in [1.807, 2.05) is 30.0 Å². The maximum atomic E-state index is 12.9. The Kier molecular flexibility index (Phi) is 6.86. The summed E-state index contributed by atoms with van der Waals surface area (Å²) in [6, 6.07) is 10.3. The fraction of sp³-hybridized carbons (Fsp3) is 0.280. The second kappa shape index (κ2) is 10.1. The Morgan fingerprint density at radius 3 is 2.70 bits per heavy atom. The van der Waals surface area contributed by atoms with Gasteiger partial charge in [0.1, 0.15) is 18.2 Å². The standard InChI is InChI=1S/C25H23BrF3N7O/c1-15-10-16(2-7-20(15)26)11-31-24(37)21-13-35(9-8-30-21)23-19-12-36(34-22(19)32-14-33-23)18-5-3-17(4-6-18)25(27,28)29/h2-7,10,12,14,21,30H,8-9,11,13H2,1H3,(H,31,37)/t21-/m0/s1. The van der Waals surface area contributed by atoms with Crippen molar-refractivity contribution >= 4 is 38.7 Å². The maximum Gasteiger partial charge on any atom is 0.416 e. The minimum absolute atomic E-state index is 0.115. The molecular formula is C25H23BrF3N7O. The zero-order chi connectivity index (χ0) is 26.2. The zero-order valence-corrected chi connectivity index (χ0v) is 21.3. The van der Waals surface area contributed by atoms with Crippen LogP contribution in [0, 0.1) is 6.92 Å². The van der Waals surface area contributed by atoms with E-state index in [1.54, 1.807) is 6.20 Å². The summed E-state index contributed by atoms with van der Waals surface area (Å²) in [5.41, 5.74) is 2.26. The molecule has 5 rings (SSSR count). The van der Waals surface area contributed by atoms with E-state index in [9.17, 15) is 18.0 Å². The average Bonchev–Trinajstić information content (AvgIpc) is 3.33. The predicted molar refractivity (Wildman–Crippen MR) is 136 cm³/mol. The molecule has 192 valence electrons. The fourth-order valence-electron chi connectivity index (χ4n) is 4.26. The average molecular weight is 574 g/mol. The first-order valence-electron chi connectivity index (χ1n) is 11.6. The molecule has 2 aromatic heterocycles. The van der Waals surface area contributed by atoms with E-state index in [-0.39, 0.29) is 5.91 Å². The summed E-state index contributed by atoms with van der Waals surface area (Å²) in [5.74, 6) is 0.502. The molecule has 2 N–H and O–H groups in total. The van der Waals surface area contributed by atoms with Crippen LogP contribution in [0.25, 0.3) is 16.7 Å². The topological polar surface area (TPSA) is 88.0 Å². The predicted octanol–water partition coefficient (Wildman–Crippen LogP) is 4.00. The molecule has 12 heteroatoms. The van der Waals surface area contributed by atoms with Crippen molar-refractivity contribution in [1.29, 1.82) is 0 Å². The molecule has 0 unspecified atom stereocenters. The Hall–Kier alpha value is -3.51. The summed E-state index contributed by atoms with van der Waals surface area (Å²) in [5, 5.41) is 11.3. The molecule has 1 aliphatic rings. The van der Waals surface area contributed by atoms with Crippen molar-refractivity contribution in [3.05, 3.63) is 76.2 Å². The molecule has 0 spiro atoms. The van der Waals surface area contributed by atoms with Gasteiger partial charge in [-0.25, -0.2) is 14.6 Å². The Bertz CT molecular complexity index is 1440. The number of amides is 1. The zero-order valence-electron chi connectivity index (χ0n) is 19.8. The first kappa shape index (κ1) is 25.2. The molecule has 2 aromatic carbocycles. The van der Waals surface area contributed by atoms with Gasteiger partial charge in [-0.1, -0.05) is 28.1 Å². The maximum absolute atomic E-state index is 12.9. The highest BCUT2D eigenvalue weighted by Gasteiger charge is 2.30. The largest absolute Gasteiger partial charge is 0.416 e. The van der Waals surface area contributed by atoms with Gasteiger partial charge in [-0.05, 0) is 48.4 Å². The van der Waals surface area contributed by atoms with Gasteiger partial charge in [0.15, 0.2) is 5.65 Å². The number of aryl methyl sites for hydroxylation is 1. The Balaban J connectivity index is 1.32. The highest BCUT2D eigenvalue weighted by atomic mass is 79.9. The van der Waals surface area contributed by atoms with Crippen LogP contribution in [0.5, 0.6) is 0 Å². The van der Waals surface area contributed by atoms with Gasteiger partial charge in [0.25, 0.3) is 0 Å². The molecule has 3 heterocycles. The molecule has 1 saturated heterocycles. The third kappa shape index (κ3) is 5.44. The SMILES string of the molecule is Cc1cc(CNC(=O)[C@@H]2CN(c3ncnc4nn(-c5ccc(C(F)(F)F)cc5)cc34)CCN2)ccc1Br. The van der Waals surface area contributed by atoms with Gasteiger partial charge in [-0.15, -0.1) is 5.10 Å². The first-order chi connectivity index (χ1) is 17.7. The summed E-state index contributed by atoms with van der Waals surface area (Å²) in [6.07, 6.45) is -1.32. The van der Waals surface area contributed by atoms with Gasteiger partial charge in [0.2, 0.25) is 5.91 Å². The van der Waals surface area contributed by atoms with Gasteiger partial charge in [-0.3, -0.25) is 4.79 Å². The van der Waals surface area contributed by atoms with Crippen LogP contribution in [0.3, 0.4) is 0 Å². The van der Waals surface area contributed by atoms with Crippen molar-refractivity contribution in [2.75, 3.05) is 24.5 Å². The Morgan fingerprint density at radius 2 is 1.97 bits per heavy atom. The molecular weight excluding hydrogens is 551 g/mol. The number of carbonyl (C=O) groups excluding carboxylic acids is 1. The van der Waals surface area contributed by atoms with E-state index in [0.29, 0.717) is 48.7 Å². The fourth-order valence-corrected chi connectivity index (χ4v) is 4.51. The van der Waals surface area contributed by atoms with Crippen molar-refractivity contribution < 1.29 is 18.0 Å². The summed E-state index contributed by atoms with van der Waals surface area (Å²) >= 11 is 3.48. The minimum Gasteiger partial charge on any atom is -0.353 e. The number of nitrogens with zero attached hydrogens (tertiary/aromatic N) is 5. The number of carbonyl (C=O) groups is 1. The molecule has 1 aliphatic heterocycles. The number of rotatable bonds is 5. The summed E-state index contributed by atoms with van der Waals surface area (Å²) in [6.45, 7) is 4.00. The van der Waals surface area contributed by atoms with E-state index in [1.165, 1.54) is 23.1 Å². The van der Waals surface area contributed by atoms with Crippen LogP contribution >= 0.6 is 15.9 Å². The van der Waals surface area contributed by atoms with Gasteiger partial charge in [0.05, 0.1) is 16.6 Å². The molecule has 4 aromatic rings. The molecule has 1 fully saturated rings. The number of piperazine rings is 1. The van der Waals surface area contributed by atoms with E-state index in [0.717, 1.165) is 27.7 Å². The van der Waals surface area contributed by atoms with Crippen molar-refractivity contribution in [1.82, 2.24) is 30.4 Å². The molecule has 0 bridgehead atoms. The number of fused-ring (bicyclic) bond motifs is 1. The highest BCUT2D eigenvalue weighted by Crippen LogP contribution is 2.30. The minimum atomic E-state index is -4.41. The lowest BCUT2D eigenvalue weighted by Gasteiger charge is -2.33. The van der Waals surface area contributed by atoms with E-state index in [4.69, 9.17) is 0 Å². The number of aromatic nitrogens is 4. The number of halogens is 4. The molecule has 0 radical (unpaired) electrons. The first-order valence-corrected chi connectivity index (χ1v) is 12.4. The smallest absolute Gasteiger partial charge is 0.353 e. The number of alkyl halides is 3. The van der Waals surface area contributed by atoms with Gasteiger partial charge in [0, 0.05) is 36.8 Å².